The van der Waals surface area contributed by atoms with Gasteiger partial charge in [0.05, 0.1) is 0 Å². The molecule has 0 aliphatic rings. The van der Waals surface area contributed by atoms with Gasteiger partial charge in [-0.25, -0.2) is 9.66 Å². The molecule has 0 aliphatic carbocycles. The minimum absolute atomic E-state index is 0.876. The van der Waals surface area contributed by atoms with Gasteiger partial charge in [-0.15, -0.1) is 9.89 Å². The van der Waals surface area contributed by atoms with Gasteiger partial charge in [-0.05, 0) is 17.3 Å². The summed E-state index contributed by atoms with van der Waals surface area (Å²) >= 11 is 0. The summed E-state index contributed by atoms with van der Waals surface area (Å²) in [7, 11) is 0. The van der Waals surface area contributed by atoms with Gasteiger partial charge in [-0.3, -0.25) is 0 Å². The predicted octanol–water partition coefficient (Wildman–Crippen LogP) is 0.939. The fourth-order valence-electron chi connectivity index (χ4n) is 1.39. The molecule has 2 heterocycles. The number of rotatable bonds is 1. The Morgan fingerprint density at radius 3 is 2.93 bits per heavy atom. The van der Waals surface area contributed by atoms with Gasteiger partial charge in [-0.2, -0.15) is 0 Å². The third-order valence-electron chi connectivity index (χ3n) is 2.04. The van der Waals surface area contributed by atoms with Crippen molar-refractivity contribution in [1.29, 1.82) is 0 Å². The summed E-state index contributed by atoms with van der Waals surface area (Å²) in [4.78, 5) is 5.66. The van der Waals surface area contributed by atoms with Crippen molar-refractivity contribution in [3.8, 4) is 0 Å². The molecule has 0 aliphatic heterocycles. The van der Waals surface area contributed by atoms with Gasteiger partial charge >= 0.3 is 0 Å². The second kappa shape index (κ2) is 2.66. The minimum Gasteiger partial charge on any atom is -0.243 e. The highest BCUT2D eigenvalue weighted by Gasteiger charge is 2.03. The first-order chi connectivity index (χ1) is 6.95. The molecule has 0 fully saturated rings. The van der Waals surface area contributed by atoms with Crippen molar-refractivity contribution in [2.45, 2.75) is 0 Å². The Morgan fingerprint density at radius 2 is 2.07 bits per heavy atom. The second-order valence-electron chi connectivity index (χ2n) is 2.91. The van der Waals surface area contributed by atoms with Crippen LogP contribution in [0, 0.1) is 0 Å². The number of aromatic nitrogens is 5. The first-order valence-electron chi connectivity index (χ1n) is 4.24. The monoisotopic (exact) mass is 185 g/mol. The van der Waals surface area contributed by atoms with E-state index in [0.717, 1.165) is 11.0 Å². The maximum absolute atomic E-state index is 4.04. The molecule has 0 bridgehead atoms. The number of benzene rings is 1. The molecule has 0 radical (unpaired) electrons. The van der Waals surface area contributed by atoms with Crippen LogP contribution in [-0.2, 0) is 0 Å². The van der Waals surface area contributed by atoms with Crippen molar-refractivity contribution >= 4 is 11.0 Å². The Bertz CT molecular complexity index is 551. The third kappa shape index (κ3) is 0.922. The third-order valence-corrected chi connectivity index (χ3v) is 2.04. The van der Waals surface area contributed by atoms with Crippen molar-refractivity contribution in [3.63, 3.8) is 0 Å². The Morgan fingerprint density at radius 1 is 1.14 bits per heavy atom. The van der Waals surface area contributed by atoms with Crippen LogP contribution in [0.5, 0.6) is 0 Å². The van der Waals surface area contributed by atoms with Crippen molar-refractivity contribution in [2.24, 2.45) is 0 Å². The molecule has 0 saturated heterocycles. The Kier molecular flexibility index (Phi) is 1.38. The van der Waals surface area contributed by atoms with E-state index in [-0.39, 0.29) is 0 Å². The molecule has 2 aromatic heterocycles. The smallest absolute Gasteiger partial charge is 0.117 e. The highest BCUT2D eigenvalue weighted by Crippen LogP contribution is 2.09. The van der Waals surface area contributed by atoms with Crippen LogP contribution in [0.25, 0.3) is 11.0 Å². The second-order valence-corrected chi connectivity index (χ2v) is 2.91. The molecular formula is C9H7N5. The molecule has 3 aromatic rings. The lowest BCUT2D eigenvalue weighted by Crippen LogP contribution is -2.07. The van der Waals surface area contributed by atoms with Crippen LogP contribution in [0.1, 0.15) is 0 Å². The van der Waals surface area contributed by atoms with E-state index in [1.807, 2.05) is 30.5 Å². The first kappa shape index (κ1) is 7.25. The lowest BCUT2D eigenvalue weighted by molar-refractivity contribution is 0.568. The lowest BCUT2D eigenvalue weighted by atomic mass is 10.3. The molecule has 5 heteroatoms. The summed E-state index contributed by atoms with van der Waals surface area (Å²) in [5, 5.41) is 8.07. The summed E-state index contributed by atoms with van der Waals surface area (Å²) in [6.45, 7) is 0. The zero-order valence-electron chi connectivity index (χ0n) is 7.28. The summed E-state index contributed by atoms with van der Waals surface area (Å²) in [6.07, 6.45) is 5.21. The van der Waals surface area contributed by atoms with Crippen molar-refractivity contribution < 1.29 is 0 Å². The molecule has 0 atom stereocenters. The van der Waals surface area contributed by atoms with Crippen molar-refractivity contribution in [3.05, 3.63) is 43.0 Å². The van der Waals surface area contributed by atoms with E-state index < -0.39 is 0 Å². The molecule has 1 aromatic carbocycles. The summed E-state index contributed by atoms with van der Waals surface area (Å²) < 4.78 is 1.77. The summed E-state index contributed by atoms with van der Waals surface area (Å²) in [6, 6.07) is 7.79. The Balaban J connectivity index is 2.33. The van der Waals surface area contributed by atoms with E-state index in [2.05, 4.69) is 15.3 Å². The number of imidazole rings is 1. The average molecular weight is 185 g/mol. The fourth-order valence-corrected chi connectivity index (χ4v) is 1.39. The van der Waals surface area contributed by atoms with Crippen LogP contribution in [0.15, 0.2) is 43.0 Å². The number of fused-ring (bicyclic) bond motifs is 1. The van der Waals surface area contributed by atoms with Crippen LogP contribution >= 0.6 is 0 Å². The molecular weight excluding hydrogens is 178 g/mol. The van der Waals surface area contributed by atoms with Crippen LogP contribution in [-0.4, -0.2) is 24.8 Å². The van der Waals surface area contributed by atoms with Gasteiger partial charge in [0, 0.05) is 12.4 Å². The van der Waals surface area contributed by atoms with Gasteiger partial charge in [-0.1, -0.05) is 12.1 Å². The standard InChI is InChI=1S/C9H7N5/c1-2-4-9-8(3-1)11-12-14(9)13-6-5-10-7-13/h1-7H. The molecule has 14 heavy (non-hydrogen) atoms. The van der Waals surface area contributed by atoms with Gasteiger partial charge in [0.25, 0.3) is 0 Å². The van der Waals surface area contributed by atoms with E-state index in [4.69, 9.17) is 0 Å². The number of nitrogens with zero attached hydrogens (tertiary/aromatic N) is 5. The fraction of sp³-hybridized carbons (Fsp3) is 0. The molecule has 0 amide bonds. The van der Waals surface area contributed by atoms with Gasteiger partial charge < -0.3 is 0 Å². The maximum atomic E-state index is 4.04. The molecule has 0 N–H and O–H groups in total. The lowest BCUT2D eigenvalue weighted by Gasteiger charge is -1.99. The van der Waals surface area contributed by atoms with Gasteiger partial charge in [0.2, 0.25) is 0 Å². The quantitative estimate of drug-likeness (QED) is 0.566. The highest BCUT2D eigenvalue weighted by atomic mass is 15.6. The molecule has 0 saturated carbocycles. The molecule has 0 unspecified atom stereocenters. The summed E-state index contributed by atoms with van der Waals surface area (Å²) in [5.41, 5.74) is 1.84. The van der Waals surface area contributed by atoms with E-state index >= 15 is 0 Å². The van der Waals surface area contributed by atoms with Crippen LogP contribution in [0.4, 0.5) is 0 Å². The van der Waals surface area contributed by atoms with Crippen LogP contribution in [0.3, 0.4) is 0 Å². The van der Waals surface area contributed by atoms with Crippen molar-refractivity contribution in [1.82, 2.24) is 24.8 Å². The largest absolute Gasteiger partial charge is 0.243 e. The van der Waals surface area contributed by atoms with Crippen molar-refractivity contribution in [2.75, 3.05) is 0 Å². The van der Waals surface area contributed by atoms with Gasteiger partial charge in [0.15, 0.2) is 0 Å². The molecule has 3 rings (SSSR count). The van der Waals surface area contributed by atoms with E-state index in [9.17, 15) is 0 Å². The number of hydrogen-bond acceptors (Lipinski definition) is 3. The minimum atomic E-state index is 0.876. The summed E-state index contributed by atoms with van der Waals surface area (Å²) in [5.74, 6) is 0. The molecule has 68 valence electrons. The van der Waals surface area contributed by atoms with Crippen LogP contribution in [0.2, 0.25) is 0 Å². The number of para-hydroxylation sites is 1. The van der Waals surface area contributed by atoms with E-state index in [1.54, 1.807) is 22.0 Å². The zero-order chi connectivity index (χ0) is 9.38. The normalized spacial score (nSPS) is 10.9. The van der Waals surface area contributed by atoms with E-state index in [0.29, 0.717) is 0 Å². The molecule has 0 spiro atoms. The Hall–Kier alpha value is -2.17. The average Bonchev–Trinajstić information content (AvgIpc) is 2.85. The van der Waals surface area contributed by atoms with Crippen LogP contribution < -0.4 is 0 Å². The topological polar surface area (TPSA) is 48.5 Å². The number of hydrogen-bond donors (Lipinski definition) is 0. The zero-order valence-corrected chi connectivity index (χ0v) is 7.28. The highest BCUT2D eigenvalue weighted by molar-refractivity contribution is 5.73. The van der Waals surface area contributed by atoms with Gasteiger partial charge in [0.1, 0.15) is 17.4 Å². The van der Waals surface area contributed by atoms with E-state index in [1.165, 1.54) is 0 Å². The maximum Gasteiger partial charge on any atom is 0.117 e. The SMILES string of the molecule is c1ccc2c(c1)nnn2-n1ccnc1. The Labute approximate surface area is 79.6 Å². The first-order valence-corrected chi connectivity index (χ1v) is 4.24. The molecule has 5 nitrogen and oxygen atoms in total. The predicted molar refractivity (Wildman–Crippen MR) is 50.6 cm³/mol.